The number of benzene rings is 3. The van der Waals surface area contributed by atoms with Gasteiger partial charge in [-0.15, -0.1) is 5.43 Å². The summed E-state index contributed by atoms with van der Waals surface area (Å²) < 4.78 is 11.8. The maximum absolute atomic E-state index is 12.8. The maximum Gasteiger partial charge on any atom is 0.360 e. The summed E-state index contributed by atoms with van der Waals surface area (Å²) in [6.07, 6.45) is 1.71. The summed E-state index contributed by atoms with van der Waals surface area (Å²) in [6, 6.07) is 21.1. The maximum atomic E-state index is 12.8. The summed E-state index contributed by atoms with van der Waals surface area (Å²) >= 11 is 3.29. The third-order valence-corrected chi connectivity index (χ3v) is 4.72. The minimum absolute atomic E-state index is 0.308. The van der Waals surface area contributed by atoms with Gasteiger partial charge in [-0.3, -0.25) is 9.59 Å². The number of halogens is 1. The van der Waals surface area contributed by atoms with Crippen LogP contribution in [0.15, 0.2) is 72.8 Å². The van der Waals surface area contributed by atoms with Gasteiger partial charge in [0.1, 0.15) is 0 Å². The van der Waals surface area contributed by atoms with Crippen molar-refractivity contribution in [2.75, 3.05) is 19.5 Å². The molecule has 0 fully saturated rings. The first-order chi connectivity index (χ1) is 15.0. The Morgan fingerprint density at radius 3 is 2.26 bits per heavy atom. The van der Waals surface area contributed by atoms with Crippen LogP contribution < -0.4 is 20.2 Å². The van der Waals surface area contributed by atoms with E-state index in [1.54, 1.807) is 48.7 Å². The number of para-hydroxylation sites is 1. The van der Waals surface area contributed by atoms with Crippen LogP contribution in [0.25, 0.3) is 0 Å². The van der Waals surface area contributed by atoms with Crippen LogP contribution in [0.2, 0.25) is 0 Å². The second-order valence-corrected chi connectivity index (χ2v) is 7.13. The molecule has 0 atom stereocenters. The highest BCUT2D eigenvalue weighted by atomic mass is 79.9. The number of nitrogens with zero attached hydrogens (tertiary/aromatic N) is 1. The van der Waals surface area contributed by atoms with E-state index >= 15 is 0 Å². The molecule has 7 nitrogen and oxygen atoms in total. The number of anilines is 1. The lowest BCUT2D eigenvalue weighted by molar-refractivity contribution is -0.377. The van der Waals surface area contributed by atoms with Gasteiger partial charge >= 0.3 is 22.1 Å². The monoisotopic (exact) mass is 482 g/mol. The molecule has 0 radical (unpaired) electrons. The number of hydrogen-bond donors (Lipinski definition) is 2. The summed E-state index contributed by atoms with van der Waals surface area (Å²) in [5, 5.41) is 2.78. The summed E-state index contributed by atoms with van der Waals surface area (Å²) in [4.78, 5) is 25.5. The van der Waals surface area contributed by atoms with Crippen LogP contribution >= 0.6 is 16.1 Å². The molecular weight excluding hydrogens is 462 g/mol. The minimum atomic E-state index is -0.396. The standard InChI is InChI=1S/C23H20BrN3O4/c1-30-20-13-12-17(14-21(20)31-2)22(28)25-19-11-7-6-10-18(19)23(29)26-27(24)15-16-8-4-3-5-9-16/h3-15H,1-2H3,(H-,25,26,28,29)/p+1. The topological polar surface area (TPSA) is 79.7 Å². The molecule has 3 aromatic rings. The van der Waals surface area contributed by atoms with Crippen LogP contribution in [-0.4, -0.2) is 36.0 Å². The molecule has 3 aromatic carbocycles. The zero-order valence-electron chi connectivity index (χ0n) is 17.0. The molecule has 2 amide bonds. The predicted molar refractivity (Wildman–Crippen MR) is 122 cm³/mol. The van der Waals surface area contributed by atoms with Gasteiger partial charge in [-0.25, -0.2) is 0 Å². The zero-order chi connectivity index (χ0) is 22.2. The number of carbonyl (C=O) groups excluding carboxylic acids is 2. The highest BCUT2D eigenvalue weighted by Gasteiger charge is 2.18. The highest BCUT2D eigenvalue weighted by Crippen LogP contribution is 2.28. The fraction of sp³-hybridized carbons (Fsp3) is 0.0870. The number of rotatable bonds is 7. The van der Waals surface area contributed by atoms with Gasteiger partial charge in [0, 0.05) is 11.1 Å². The third-order valence-electron chi connectivity index (χ3n) is 4.34. The molecular formula is C23H21BrN3O4+. The van der Waals surface area contributed by atoms with E-state index in [1.807, 2.05) is 30.3 Å². The van der Waals surface area contributed by atoms with Crippen LogP contribution in [0.5, 0.6) is 11.5 Å². The molecule has 158 valence electrons. The lowest BCUT2D eigenvalue weighted by Crippen LogP contribution is -2.30. The van der Waals surface area contributed by atoms with Gasteiger partial charge in [0.05, 0.1) is 25.5 Å². The molecule has 0 heterocycles. The average molecular weight is 483 g/mol. The molecule has 0 aliphatic rings. The van der Waals surface area contributed by atoms with E-state index in [4.69, 9.17) is 9.47 Å². The third kappa shape index (κ3) is 5.70. The predicted octanol–water partition coefficient (Wildman–Crippen LogP) is 4.04. The van der Waals surface area contributed by atoms with Crippen molar-refractivity contribution in [2.24, 2.45) is 0 Å². The molecule has 0 bridgehead atoms. The highest BCUT2D eigenvalue weighted by molar-refractivity contribution is 9.04. The number of hydrazone groups is 1. The smallest absolute Gasteiger partial charge is 0.360 e. The van der Waals surface area contributed by atoms with Gasteiger partial charge < -0.3 is 14.8 Å². The Morgan fingerprint density at radius 1 is 0.871 bits per heavy atom. The van der Waals surface area contributed by atoms with Crippen molar-refractivity contribution in [2.45, 2.75) is 0 Å². The van der Waals surface area contributed by atoms with Crippen molar-refractivity contribution < 1.29 is 22.8 Å². The summed E-state index contributed by atoms with van der Waals surface area (Å²) in [5.74, 6) is 0.179. The second kappa shape index (κ2) is 10.4. The SMILES string of the molecule is COc1ccc(C(=O)Nc2ccccc2C(=O)N[N+](Br)=Cc2ccccc2)cc1OC. The van der Waals surface area contributed by atoms with Crippen LogP contribution in [0.3, 0.4) is 0 Å². The van der Waals surface area contributed by atoms with E-state index in [9.17, 15) is 9.59 Å². The van der Waals surface area contributed by atoms with Crippen molar-refractivity contribution >= 4 is 39.9 Å². The number of ether oxygens (including phenoxy) is 2. The fourth-order valence-electron chi connectivity index (χ4n) is 2.82. The molecule has 0 aliphatic heterocycles. The van der Waals surface area contributed by atoms with E-state index in [0.29, 0.717) is 28.3 Å². The number of nitrogens with one attached hydrogen (secondary N) is 2. The molecule has 31 heavy (non-hydrogen) atoms. The first-order valence-electron chi connectivity index (χ1n) is 9.30. The van der Waals surface area contributed by atoms with Gasteiger partial charge in [-0.1, -0.05) is 30.3 Å². The molecule has 0 saturated carbocycles. The van der Waals surface area contributed by atoms with Gasteiger partial charge in [0.15, 0.2) is 11.5 Å². The van der Waals surface area contributed by atoms with Gasteiger partial charge in [0.2, 0.25) is 6.21 Å². The zero-order valence-corrected chi connectivity index (χ0v) is 18.5. The first kappa shape index (κ1) is 22.0. The Hall–Kier alpha value is -3.65. The van der Waals surface area contributed by atoms with Crippen molar-refractivity contribution in [3.8, 4) is 11.5 Å². The Balaban J connectivity index is 1.78. The van der Waals surface area contributed by atoms with Gasteiger partial charge in [0.25, 0.3) is 5.91 Å². The Morgan fingerprint density at radius 2 is 1.55 bits per heavy atom. The molecule has 2 N–H and O–H groups in total. The Kier molecular flexibility index (Phi) is 7.40. The van der Waals surface area contributed by atoms with Crippen LogP contribution in [0.4, 0.5) is 5.69 Å². The van der Waals surface area contributed by atoms with E-state index in [2.05, 4.69) is 26.9 Å². The summed E-state index contributed by atoms with van der Waals surface area (Å²) in [7, 11) is 3.02. The fourth-order valence-corrected chi connectivity index (χ4v) is 3.22. The van der Waals surface area contributed by atoms with Crippen molar-refractivity contribution in [3.05, 3.63) is 89.5 Å². The summed E-state index contributed by atoms with van der Waals surface area (Å²) in [5.41, 5.74) is 4.65. The lowest BCUT2D eigenvalue weighted by atomic mass is 10.1. The minimum Gasteiger partial charge on any atom is -0.493 e. The van der Waals surface area contributed by atoms with E-state index < -0.39 is 5.91 Å². The largest absolute Gasteiger partial charge is 0.493 e. The van der Waals surface area contributed by atoms with Crippen molar-refractivity contribution in [1.82, 2.24) is 5.43 Å². The molecule has 8 heteroatoms. The number of hydrogen-bond acceptors (Lipinski definition) is 4. The first-order valence-corrected chi connectivity index (χ1v) is 10.0. The molecule has 0 unspecified atom stereocenters. The quantitative estimate of drug-likeness (QED) is 0.302. The number of methoxy groups -OCH3 is 2. The van der Waals surface area contributed by atoms with Gasteiger partial charge in [-0.2, -0.15) is 0 Å². The average Bonchev–Trinajstić information content (AvgIpc) is 2.79. The van der Waals surface area contributed by atoms with Crippen molar-refractivity contribution in [3.63, 3.8) is 0 Å². The molecule has 0 saturated heterocycles. The lowest BCUT2D eigenvalue weighted by Gasteiger charge is -2.12. The summed E-state index contributed by atoms with van der Waals surface area (Å²) in [6.45, 7) is 0. The number of amides is 2. The Labute approximate surface area is 188 Å². The molecule has 0 spiro atoms. The van der Waals surface area contributed by atoms with E-state index in [-0.39, 0.29) is 5.91 Å². The molecule has 3 rings (SSSR count). The van der Waals surface area contributed by atoms with Gasteiger partial charge in [-0.05, 0) is 46.2 Å². The van der Waals surface area contributed by atoms with E-state index in [0.717, 1.165) is 5.56 Å². The number of hydrazine groups is 1. The van der Waals surface area contributed by atoms with Crippen LogP contribution in [-0.2, 0) is 0 Å². The number of carbonyl (C=O) groups is 2. The molecule has 0 aromatic heterocycles. The Bertz CT molecular complexity index is 1120. The van der Waals surface area contributed by atoms with Crippen LogP contribution in [0.1, 0.15) is 26.3 Å². The van der Waals surface area contributed by atoms with Crippen molar-refractivity contribution in [1.29, 1.82) is 0 Å². The molecule has 0 aliphatic carbocycles. The van der Waals surface area contributed by atoms with E-state index in [1.165, 1.54) is 17.9 Å². The second-order valence-electron chi connectivity index (χ2n) is 6.36. The van der Waals surface area contributed by atoms with Crippen LogP contribution in [0, 0.1) is 0 Å². The normalized spacial score (nSPS) is 10.9.